The van der Waals surface area contributed by atoms with Gasteiger partial charge in [-0.25, -0.2) is 4.39 Å². The minimum absolute atomic E-state index is 0.268. The average Bonchev–Trinajstić information content (AvgIpc) is 2.91. The lowest BCUT2D eigenvalue weighted by Gasteiger charge is -2.14. The van der Waals surface area contributed by atoms with Crippen molar-refractivity contribution in [3.8, 4) is 0 Å². The van der Waals surface area contributed by atoms with Crippen molar-refractivity contribution < 1.29 is 14.0 Å². The molecule has 3 aromatic rings. The number of amides is 2. The number of nitrogens with two attached hydrogens (primary N) is 1. The van der Waals surface area contributed by atoms with Crippen LogP contribution in [0.2, 0.25) is 5.02 Å². The number of rotatable bonds is 4. The van der Waals surface area contributed by atoms with Crippen LogP contribution in [0.25, 0.3) is 10.9 Å². The number of halogens is 2. The van der Waals surface area contributed by atoms with Crippen LogP contribution in [-0.4, -0.2) is 21.4 Å². The summed E-state index contributed by atoms with van der Waals surface area (Å²) in [5.74, 6) is -2.03. The van der Waals surface area contributed by atoms with Crippen LogP contribution in [0.5, 0.6) is 0 Å². The molecule has 0 radical (unpaired) electrons. The SMILES string of the molecule is CC(NC(=O)c1cc2ccc(Cl)cc2n1C)c1cc(C(N)=O)c(F)cn1. The molecule has 0 fully saturated rings. The van der Waals surface area contributed by atoms with Crippen molar-refractivity contribution in [1.29, 1.82) is 0 Å². The van der Waals surface area contributed by atoms with Gasteiger partial charge in [-0.3, -0.25) is 14.6 Å². The summed E-state index contributed by atoms with van der Waals surface area (Å²) in [6, 6.07) is 7.80. The fourth-order valence-electron chi connectivity index (χ4n) is 2.75. The molecule has 3 N–H and O–H groups in total. The third kappa shape index (κ3) is 3.25. The zero-order valence-electron chi connectivity index (χ0n) is 14.1. The molecule has 1 aromatic carbocycles. The van der Waals surface area contributed by atoms with Crippen molar-refractivity contribution in [3.05, 3.63) is 64.3 Å². The monoisotopic (exact) mass is 374 g/mol. The fourth-order valence-corrected chi connectivity index (χ4v) is 2.91. The van der Waals surface area contributed by atoms with Crippen LogP contribution in [0.1, 0.15) is 39.5 Å². The van der Waals surface area contributed by atoms with Gasteiger partial charge in [0.25, 0.3) is 11.8 Å². The number of nitrogens with zero attached hydrogens (tertiary/aromatic N) is 2. The van der Waals surface area contributed by atoms with Gasteiger partial charge in [-0.05, 0) is 31.2 Å². The van der Waals surface area contributed by atoms with E-state index in [0.29, 0.717) is 16.4 Å². The Hall–Kier alpha value is -2.93. The molecule has 1 unspecified atom stereocenters. The molecule has 0 aliphatic carbocycles. The summed E-state index contributed by atoms with van der Waals surface area (Å²) >= 11 is 6.01. The first-order valence-electron chi connectivity index (χ1n) is 7.79. The van der Waals surface area contributed by atoms with E-state index in [0.717, 1.165) is 17.1 Å². The van der Waals surface area contributed by atoms with Crippen LogP contribution in [0.4, 0.5) is 4.39 Å². The van der Waals surface area contributed by atoms with Gasteiger partial charge in [0, 0.05) is 23.0 Å². The Kier molecular flexibility index (Phi) is 4.65. The molecular formula is C18H16ClFN4O2. The van der Waals surface area contributed by atoms with Crippen molar-refractivity contribution in [2.24, 2.45) is 12.8 Å². The van der Waals surface area contributed by atoms with E-state index in [4.69, 9.17) is 17.3 Å². The van der Waals surface area contributed by atoms with Crippen LogP contribution in [0.3, 0.4) is 0 Å². The first kappa shape index (κ1) is 17.9. The third-order valence-corrected chi connectivity index (χ3v) is 4.41. The third-order valence-electron chi connectivity index (χ3n) is 4.17. The van der Waals surface area contributed by atoms with Gasteiger partial charge in [0.05, 0.1) is 23.5 Å². The van der Waals surface area contributed by atoms with Gasteiger partial charge in [-0.1, -0.05) is 17.7 Å². The number of carbonyl (C=O) groups is 2. The summed E-state index contributed by atoms with van der Waals surface area (Å²) in [5.41, 5.74) is 6.47. The normalized spacial score (nSPS) is 12.2. The number of benzene rings is 1. The zero-order chi connectivity index (χ0) is 19.0. The van der Waals surface area contributed by atoms with Crippen LogP contribution >= 0.6 is 11.6 Å². The second-order valence-electron chi connectivity index (χ2n) is 5.94. The van der Waals surface area contributed by atoms with Gasteiger partial charge in [0.15, 0.2) is 5.82 Å². The summed E-state index contributed by atoms with van der Waals surface area (Å²) < 4.78 is 15.3. The maximum absolute atomic E-state index is 13.6. The number of nitrogens with one attached hydrogen (secondary N) is 1. The molecule has 2 heterocycles. The molecule has 134 valence electrons. The number of aromatic nitrogens is 2. The summed E-state index contributed by atoms with van der Waals surface area (Å²) in [5, 5.41) is 4.24. The van der Waals surface area contributed by atoms with Gasteiger partial charge in [0.2, 0.25) is 0 Å². The predicted octanol–water partition coefficient (Wildman–Crippen LogP) is 2.96. The summed E-state index contributed by atoms with van der Waals surface area (Å²) in [6.07, 6.45) is 0.914. The van der Waals surface area contributed by atoms with Crippen LogP contribution < -0.4 is 11.1 Å². The van der Waals surface area contributed by atoms with E-state index >= 15 is 0 Å². The molecule has 1 atom stereocenters. The van der Waals surface area contributed by atoms with E-state index < -0.39 is 17.8 Å². The second kappa shape index (κ2) is 6.76. The highest BCUT2D eigenvalue weighted by molar-refractivity contribution is 6.31. The Morgan fingerprint density at radius 2 is 2.04 bits per heavy atom. The van der Waals surface area contributed by atoms with Gasteiger partial charge in [-0.15, -0.1) is 0 Å². The maximum atomic E-state index is 13.6. The quantitative estimate of drug-likeness (QED) is 0.735. The molecule has 2 amide bonds. The molecule has 3 rings (SSSR count). The summed E-state index contributed by atoms with van der Waals surface area (Å²) in [7, 11) is 1.76. The van der Waals surface area contributed by atoms with Crippen molar-refractivity contribution in [2.75, 3.05) is 0 Å². The van der Waals surface area contributed by atoms with Crippen molar-refractivity contribution in [1.82, 2.24) is 14.9 Å². The molecular weight excluding hydrogens is 359 g/mol. The number of carbonyl (C=O) groups excluding carboxylic acids is 2. The van der Waals surface area contributed by atoms with Crippen LogP contribution in [-0.2, 0) is 7.05 Å². The van der Waals surface area contributed by atoms with Crippen LogP contribution in [0.15, 0.2) is 36.5 Å². The Morgan fingerprint density at radius 3 is 2.73 bits per heavy atom. The summed E-state index contributed by atoms with van der Waals surface area (Å²) in [6.45, 7) is 1.68. The van der Waals surface area contributed by atoms with E-state index in [1.807, 2.05) is 6.07 Å². The Bertz CT molecular complexity index is 1030. The topological polar surface area (TPSA) is 90.0 Å². The number of primary amides is 1. The Morgan fingerprint density at radius 1 is 1.31 bits per heavy atom. The lowest BCUT2D eigenvalue weighted by molar-refractivity contribution is 0.0931. The molecule has 0 saturated heterocycles. The van der Waals surface area contributed by atoms with Gasteiger partial charge in [-0.2, -0.15) is 0 Å². The molecule has 0 spiro atoms. The molecule has 0 bridgehead atoms. The Labute approximate surface area is 153 Å². The predicted molar refractivity (Wildman–Crippen MR) is 96.5 cm³/mol. The minimum atomic E-state index is -0.893. The van der Waals surface area contributed by atoms with Crippen molar-refractivity contribution in [3.63, 3.8) is 0 Å². The average molecular weight is 375 g/mol. The lowest BCUT2D eigenvalue weighted by atomic mass is 10.1. The van der Waals surface area contributed by atoms with Gasteiger partial charge >= 0.3 is 0 Å². The fraction of sp³-hybridized carbons (Fsp3) is 0.167. The molecule has 0 saturated carbocycles. The number of hydrogen-bond acceptors (Lipinski definition) is 3. The maximum Gasteiger partial charge on any atom is 0.268 e. The molecule has 6 nitrogen and oxygen atoms in total. The highest BCUT2D eigenvalue weighted by Crippen LogP contribution is 2.23. The number of fused-ring (bicyclic) bond motifs is 1. The van der Waals surface area contributed by atoms with Gasteiger partial charge in [0.1, 0.15) is 5.69 Å². The van der Waals surface area contributed by atoms with E-state index in [2.05, 4.69) is 10.3 Å². The molecule has 8 heteroatoms. The van der Waals surface area contributed by atoms with Crippen molar-refractivity contribution in [2.45, 2.75) is 13.0 Å². The lowest BCUT2D eigenvalue weighted by Crippen LogP contribution is -2.29. The molecule has 26 heavy (non-hydrogen) atoms. The number of hydrogen-bond donors (Lipinski definition) is 2. The minimum Gasteiger partial charge on any atom is -0.366 e. The van der Waals surface area contributed by atoms with E-state index in [9.17, 15) is 14.0 Å². The first-order valence-corrected chi connectivity index (χ1v) is 8.17. The van der Waals surface area contributed by atoms with Gasteiger partial charge < -0.3 is 15.6 Å². The molecule has 0 aliphatic heterocycles. The standard InChI is InChI=1S/C18H16ClFN4O2/c1-9(14-7-12(17(21)25)13(20)8-22-14)23-18(26)16-5-10-3-4-11(19)6-15(10)24(16)2/h3-9H,1-2H3,(H2,21,25)(H,23,26). The number of aryl methyl sites for hydroxylation is 1. The molecule has 2 aromatic heterocycles. The summed E-state index contributed by atoms with van der Waals surface area (Å²) in [4.78, 5) is 27.8. The largest absolute Gasteiger partial charge is 0.366 e. The van der Waals surface area contributed by atoms with E-state index in [-0.39, 0.29) is 11.5 Å². The van der Waals surface area contributed by atoms with E-state index in [1.54, 1.807) is 36.7 Å². The van der Waals surface area contributed by atoms with E-state index in [1.165, 1.54) is 6.07 Å². The highest BCUT2D eigenvalue weighted by atomic mass is 35.5. The number of pyridine rings is 1. The zero-order valence-corrected chi connectivity index (χ0v) is 14.8. The first-order chi connectivity index (χ1) is 12.3. The van der Waals surface area contributed by atoms with Crippen molar-refractivity contribution >= 4 is 34.3 Å². The Balaban J connectivity index is 1.87. The smallest absolute Gasteiger partial charge is 0.268 e. The second-order valence-corrected chi connectivity index (χ2v) is 6.38. The van der Waals surface area contributed by atoms with Crippen LogP contribution in [0, 0.1) is 5.82 Å². The highest BCUT2D eigenvalue weighted by Gasteiger charge is 2.19. The molecule has 0 aliphatic rings.